The molecule has 130 valence electrons. The number of rotatable bonds is 7. The summed E-state index contributed by atoms with van der Waals surface area (Å²) >= 11 is 0. The molecule has 0 radical (unpaired) electrons. The largest absolute Gasteiger partial charge is 0.458 e. The highest BCUT2D eigenvalue weighted by atomic mass is 16.5. The lowest BCUT2D eigenvalue weighted by Crippen LogP contribution is -2.03. The molecular formula is C20H21NO4. The van der Waals surface area contributed by atoms with Crippen molar-refractivity contribution in [3.8, 4) is 0 Å². The van der Waals surface area contributed by atoms with E-state index in [4.69, 9.17) is 9.15 Å². The summed E-state index contributed by atoms with van der Waals surface area (Å²) in [5.74, 6) is 0.747. The summed E-state index contributed by atoms with van der Waals surface area (Å²) in [6, 6.07) is 11.0. The Hall–Kier alpha value is -2.82. The third-order valence-electron chi connectivity index (χ3n) is 4.04. The number of para-hydroxylation sites is 1. The van der Waals surface area contributed by atoms with E-state index in [2.05, 4.69) is 12.2 Å². The molecule has 0 atom stereocenters. The minimum absolute atomic E-state index is 0.108. The van der Waals surface area contributed by atoms with Gasteiger partial charge >= 0.3 is 5.97 Å². The number of hydrogen-bond donors (Lipinski definition) is 1. The van der Waals surface area contributed by atoms with Crippen molar-refractivity contribution in [2.24, 2.45) is 0 Å². The minimum Gasteiger partial charge on any atom is -0.458 e. The van der Waals surface area contributed by atoms with E-state index in [-0.39, 0.29) is 18.5 Å². The fourth-order valence-corrected chi connectivity index (χ4v) is 2.72. The molecule has 1 aliphatic heterocycles. The summed E-state index contributed by atoms with van der Waals surface area (Å²) in [7, 11) is 0. The Morgan fingerprint density at radius 1 is 1.20 bits per heavy atom. The molecule has 2 heterocycles. The number of hydrogen-bond acceptors (Lipinski definition) is 4. The van der Waals surface area contributed by atoms with Crippen LogP contribution in [0.15, 0.2) is 40.8 Å². The van der Waals surface area contributed by atoms with E-state index < -0.39 is 0 Å². The number of ether oxygens (including phenoxy) is 1. The van der Waals surface area contributed by atoms with Crippen molar-refractivity contribution in [1.29, 1.82) is 0 Å². The lowest BCUT2D eigenvalue weighted by atomic mass is 10.1. The molecule has 0 saturated heterocycles. The molecule has 1 aliphatic rings. The van der Waals surface area contributed by atoms with Crippen LogP contribution in [-0.2, 0) is 20.9 Å². The van der Waals surface area contributed by atoms with Crippen LogP contribution < -0.4 is 5.32 Å². The third-order valence-corrected chi connectivity index (χ3v) is 4.04. The summed E-state index contributed by atoms with van der Waals surface area (Å²) in [6.07, 6.45) is 5.08. The topological polar surface area (TPSA) is 68.5 Å². The molecule has 3 rings (SSSR count). The van der Waals surface area contributed by atoms with Crippen molar-refractivity contribution in [2.45, 2.75) is 39.2 Å². The fourth-order valence-electron chi connectivity index (χ4n) is 2.72. The van der Waals surface area contributed by atoms with Gasteiger partial charge in [0.15, 0.2) is 0 Å². The average molecular weight is 339 g/mol. The number of carbonyl (C=O) groups is 2. The lowest BCUT2D eigenvalue weighted by molar-refractivity contribution is -0.145. The Bertz CT molecular complexity index is 804. The van der Waals surface area contributed by atoms with Crippen molar-refractivity contribution >= 4 is 29.2 Å². The van der Waals surface area contributed by atoms with Crippen molar-refractivity contribution in [2.75, 3.05) is 5.32 Å². The molecule has 0 saturated carbocycles. The number of benzene rings is 1. The predicted molar refractivity (Wildman–Crippen MR) is 95.6 cm³/mol. The second kappa shape index (κ2) is 7.83. The molecule has 0 spiro atoms. The standard InChI is InChI=1S/C20H21NO4/c1-2-3-4-9-19(22)24-13-15-11-10-14(25-15)12-17-16-7-5-6-8-18(16)21-20(17)23/h5-8,10-12H,2-4,9,13H2,1H3,(H,21,23)/b17-12-. The van der Waals surface area contributed by atoms with E-state index in [1.807, 2.05) is 24.3 Å². The number of anilines is 1. The van der Waals surface area contributed by atoms with Gasteiger partial charge in [-0.05, 0) is 30.7 Å². The van der Waals surface area contributed by atoms with E-state index in [9.17, 15) is 9.59 Å². The van der Waals surface area contributed by atoms with E-state index in [0.717, 1.165) is 30.5 Å². The van der Waals surface area contributed by atoms with Gasteiger partial charge in [-0.2, -0.15) is 0 Å². The van der Waals surface area contributed by atoms with Crippen molar-refractivity contribution in [1.82, 2.24) is 0 Å². The second-order valence-corrected chi connectivity index (χ2v) is 5.98. The Balaban J connectivity index is 1.62. The van der Waals surface area contributed by atoms with E-state index in [1.165, 1.54) is 0 Å². The Morgan fingerprint density at radius 2 is 2.04 bits per heavy atom. The molecule has 0 unspecified atom stereocenters. The molecule has 5 nitrogen and oxygen atoms in total. The zero-order chi connectivity index (χ0) is 17.6. The normalized spacial score (nSPS) is 14.4. The molecule has 1 aromatic carbocycles. The van der Waals surface area contributed by atoms with Gasteiger partial charge < -0.3 is 14.5 Å². The number of nitrogens with one attached hydrogen (secondary N) is 1. The van der Waals surface area contributed by atoms with Crippen LogP contribution in [0.4, 0.5) is 5.69 Å². The van der Waals surface area contributed by atoms with Gasteiger partial charge in [0.05, 0.1) is 5.57 Å². The Morgan fingerprint density at radius 3 is 2.88 bits per heavy atom. The summed E-state index contributed by atoms with van der Waals surface area (Å²) in [5.41, 5.74) is 2.22. The van der Waals surface area contributed by atoms with Gasteiger partial charge in [-0.1, -0.05) is 38.0 Å². The summed E-state index contributed by atoms with van der Waals surface area (Å²) < 4.78 is 10.9. The third kappa shape index (κ3) is 4.18. The predicted octanol–water partition coefficient (Wildman–Crippen LogP) is 4.40. The van der Waals surface area contributed by atoms with Crippen LogP contribution in [0, 0.1) is 0 Å². The van der Waals surface area contributed by atoms with Crippen LogP contribution in [0.3, 0.4) is 0 Å². The van der Waals surface area contributed by atoms with E-state index >= 15 is 0 Å². The Kier molecular flexibility index (Phi) is 5.33. The summed E-state index contributed by atoms with van der Waals surface area (Å²) in [6.45, 7) is 2.20. The maximum absolute atomic E-state index is 12.1. The Labute approximate surface area is 146 Å². The summed E-state index contributed by atoms with van der Waals surface area (Å²) in [4.78, 5) is 23.7. The van der Waals surface area contributed by atoms with Gasteiger partial charge in [0.2, 0.25) is 0 Å². The van der Waals surface area contributed by atoms with Gasteiger partial charge in [0.1, 0.15) is 18.1 Å². The zero-order valence-electron chi connectivity index (χ0n) is 14.2. The van der Waals surface area contributed by atoms with Crippen molar-refractivity contribution in [3.05, 3.63) is 53.5 Å². The second-order valence-electron chi connectivity index (χ2n) is 5.98. The van der Waals surface area contributed by atoms with Gasteiger partial charge in [0, 0.05) is 17.7 Å². The smallest absolute Gasteiger partial charge is 0.306 e. The number of amides is 1. The number of esters is 1. The molecule has 5 heteroatoms. The van der Waals surface area contributed by atoms with Crippen LogP contribution >= 0.6 is 0 Å². The van der Waals surface area contributed by atoms with Crippen LogP contribution in [-0.4, -0.2) is 11.9 Å². The first-order valence-electron chi connectivity index (χ1n) is 8.54. The van der Waals surface area contributed by atoms with Crippen molar-refractivity contribution < 1.29 is 18.7 Å². The first-order chi connectivity index (χ1) is 12.2. The molecular weight excluding hydrogens is 318 g/mol. The molecule has 25 heavy (non-hydrogen) atoms. The highest BCUT2D eigenvalue weighted by molar-refractivity contribution is 6.34. The monoisotopic (exact) mass is 339 g/mol. The van der Waals surface area contributed by atoms with Crippen molar-refractivity contribution in [3.63, 3.8) is 0 Å². The molecule has 1 amide bonds. The van der Waals surface area contributed by atoms with E-state index in [0.29, 0.717) is 23.5 Å². The SMILES string of the molecule is CCCCCC(=O)OCc1ccc(/C=C2\C(=O)Nc3ccccc32)o1. The molecule has 0 bridgehead atoms. The molecule has 2 aromatic rings. The minimum atomic E-state index is -0.214. The average Bonchev–Trinajstić information content (AvgIpc) is 3.18. The molecule has 0 aliphatic carbocycles. The van der Waals surface area contributed by atoms with Crippen LogP contribution in [0.25, 0.3) is 11.6 Å². The maximum atomic E-state index is 12.1. The number of furan rings is 1. The van der Waals surface area contributed by atoms with Crippen LogP contribution in [0.2, 0.25) is 0 Å². The first-order valence-corrected chi connectivity index (χ1v) is 8.54. The number of carbonyl (C=O) groups excluding carboxylic acids is 2. The number of unbranched alkanes of at least 4 members (excludes halogenated alkanes) is 2. The molecule has 0 fully saturated rings. The highest BCUT2D eigenvalue weighted by Crippen LogP contribution is 2.32. The summed E-state index contributed by atoms with van der Waals surface area (Å²) in [5, 5.41) is 2.82. The lowest BCUT2D eigenvalue weighted by Gasteiger charge is -2.02. The zero-order valence-corrected chi connectivity index (χ0v) is 14.2. The van der Waals surface area contributed by atoms with Gasteiger partial charge in [-0.25, -0.2) is 0 Å². The quantitative estimate of drug-likeness (QED) is 0.461. The highest BCUT2D eigenvalue weighted by Gasteiger charge is 2.23. The van der Waals surface area contributed by atoms with Gasteiger partial charge in [-0.3, -0.25) is 9.59 Å². The van der Waals surface area contributed by atoms with Gasteiger partial charge in [-0.15, -0.1) is 0 Å². The number of fused-ring (bicyclic) bond motifs is 1. The fraction of sp³-hybridized carbons (Fsp3) is 0.300. The maximum Gasteiger partial charge on any atom is 0.306 e. The van der Waals surface area contributed by atoms with Crippen LogP contribution in [0.1, 0.15) is 49.7 Å². The van der Waals surface area contributed by atoms with Gasteiger partial charge in [0.25, 0.3) is 5.91 Å². The van der Waals surface area contributed by atoms with Crippen LogP contribution in [0.5, 0.6) is 0 Å². The van der Waals surface area contributed by atoms with E-state index in [1.54, 1.807) is 18.2 Å². The molecule has 1 N–H and O–H groups in total. The molecule has 1 aromatic heterocycles. The first kappa shape index (κ1) is 17.0.